The van der Waals surface area contributed by atoms with E-state index in [1.165, 1.54) is 0 Å². The molecule has 0 spiro atoms. The minimum absolute atomic E-state index is 0.0406. The third kappa shape index (κ3) is 2.59. The number of hydrogen-bond acceptors (Lipinski definition) is 5. The van der Waals surface area contributed by atoms with Crippen LogP contribution in [0.15, 0.2) is 10.6 Å². The number of aliphatic hydroxyl groups excluding tert-OH is 1. The summed E-state index contributed by atoms with van der Waals surface area (Å²) in [5.41, 5.74) is 2.68. The second-order valence-corrected chi connectivity index (χ2v) is 7.12. The highest BCUT2D eigenvalue weighted by molar-refractivity contribution is 6.06. The minimum Gasteiger partial charge on any atom is -0.391 e. The maximum atomic E-state index is 13.3. The van der Waals surface area contributed by atoms with Crippen molar-refractivity contribution in [3.05, 3.63) is 23.0 Å². The molecule has 1 saturated carbocycles. The van der Waals surface area contributed by atoms with Crippen LogP contribution in [0.4, 0.5) is 0 Å². The second-order valence-electron chi connectivity index (χ2n) is 7.12. The first-order valence-electron chi connectivity index (χ1n) is 8.82. The molecule has 0 radical (unpaired) electrons. The standard InChI is InChI=1S/C18H23N3O3/c1-10-16-13(9-14(12-6-7-12)19-17(16)24-20-10)18(23)21-8-4-3-5-15(21)11(2)22/h9,11-12,15,22H,3-8H2,1-2H3. The summed E-state index contributed by atoms with van der Waals surface area (Å²) in [5.74, 6) is 0.390. The minimum atomic E-state index is -0.530. The number of aryl methyl sites for hydroxylation is 1. The van der Waals surface area contributed by atoms with Crippen molar-refractivity contribution in [2.75, 3.05) is 6.54 Å². The number of likely N-dealkylation sites (tertiary alicyclic amines) is 1. The van der Waals surface area contributed by atoms with Crippen LogP contribution < -0.4 is 0 Å². The fourth-order valence-electron chi connectivity index (χ4n) is 3.74. The molecule has 1 saturated heterocycles. The molecule has 3 heterocycles. The molecule has 6 nitrogen and oxygen atoms in total. The zero-order chi connectivity index (χ0) is 16.8. The van der Waals surface area contributed by atoms with Gasteiger partial charge in [0.05, 0.1) is 28.8 Å². The lowest BCUT2D eigenvalue weighted by Crippen LogP contribution is -2.49. The van der Waals surface area contributed by atoms with E-state index in [2.05, 4.69) is 10.1 Å². The van der Waals surface area contributed by atoms with Gasteiger partial charge in [0, 0.05) is 18.2 Å². The number of piperidine rings is 1. The number of pyridine rings is 1. The summed E-state index contributed by atoms with van der Waals surface area (Å²) < 4.78 is 5.34. The Kier molecular flexibility index (Phi) is 3.79. The maximum Gasteiger partial charge on any atom is 0.259 e. The predicted octanol–water partition coefficient (Wildman–Crippen LogP) is 2.78. The van der Waals surface area contributed by atoms with Crippen molar-refractivity contribution in [2.45, 2.75) is 64.0 Å². The van der Waals surface area contributed by atoms with Gasteiger partial charge >= 0.3 is 0 Å². The zero-order valence-electron chi connectivity index (χ0n) is 14.2. The number of amides is 1. The highest BCUT2D eigenvalue weighted by atomic mass is 16.5. The summed E-state index contributed by atoms with van der Waals surface area (Å²) in [4.78, 5) is 19.7. The Morgan fingerprint density at radius 1 is 1.38 bits per heavy atom. The Morgan fingerprint density at radius 3 is 2.88 bits per heavy atom. The van der Waals surface area contributed by atoms with Gasteiger partial charge in [-0.3, -0.25) is 4.79 Å². The number of fused-ring (bicyclic) bond motifs is 1. The van der Waals surface area contributed by atoms with E-state index in [1.807, 2.05) is 17.9 Å². The molecule has 1 N–H and O–H groups in total. The number of carbonyl (C=O) groups excluding carboxylic acids is 1. The van der Waals surface area contributed by atoms with Gasteiger partial charge in [-0.2, -0.15) is 0 Å². The number of hydrogen-bond donors (Lipinski definition) is 1. The summed E-state index contributed by atoms with van der Waals surface area (Å²) in [6, 6.07) is 1.79. The Balaban J connectivity index is 1.79. The lowest BCUT2D eigenvalue weighted by Gasteiger charge is -2.37. The summed E-state index contributed by atoms with van der Waals surface area (Å²) >= 11 is 0. The first-order chi connectivity index (χ1) is 11.6. The van der Waals surface area contributed by atoms with Crippen LogP contribution in [0.5, 0.6) is 0 Å². The number of rotatable bonds is 3. The van der Waals surface area contributed by atoms with Crippen LogP contribution >= 0.6 is 0 Å². The molecule has 2 unspecified atom stereocenters. The maximum absolute atomic E-state index is 13.3. The average molecular weight is 329 g/mol. The lowest BCUT2D eigenvalue weighted by molar-refractivity contribution is 0.0282. The van der Waals surface area contributed by atoms with Crippen molar-refractivity contribution in [1.82, 2.24) is 15.0 Å². The van der Waals surface area contributed by atoms with Gasteiger partial charge in [0.2, 0.25) is 0 Å². The molecule has 1 aliphatic carbocycles. The highest BCUT2D eigenvalue weighted by Gasteiger charge is 2.34. The number of aliphatic hydroxyl groups is 1. The molecule has 2 aromatic heterocycles. The Morgan fingerprint density at radius 2 is 2.17 bits per heavy atom. The summed E-state index contributed by atoms with van der Waals surface area (Å²) in [6.07, 6.45) is 4.55. The van der Waals surface area contributed by atoms with Gasteiger partial charge in [-0.05, 0) is 52.0 Å². The molecule has 2 atom stereocenters. The highest BCUT2D eigenvalue weighted by Crippen LogP contribution is 2.40. The molecule has 6 heteroatoms. The number of aromatic nitrogens is 2. The third-order valence-corrected chi connectivity index (χ3v) is 5.23. The molecule has 2 aliphatic rings. The van der Waals surface area contributed by atoms with Gasteiger partial charge in [0.1, 0.15) is 0 Å². The van der Waals surface area contributed by atoms with Gasteiger partial charge in [-0.15, -0.1) is 0 Å². The van der Waals surface area contributed by atoms with E-state index in [4.69, 9.17) is 4.52 Å². The SMILES string of the molecule is Cc1noc2nc(C3CC3)cc(C(=O)N3CCCCC3C(C)O)c12. The van der Waals surface area contributed by atoms with Gasteiger partial charge in [0.25, 0.3) is 11.6 Å². The molecule has 1 amide bonds. The predicted molar refractivity (Wildman–Crippen MR) is 88.9 cm³/mol. The van der Waals surface area contributed by atoms with Gasteiger partial charge in [-0.25, -0.2) is 4.98 Å². The van der Waals surface area contributed by atoms with Crippen LogP contribution in [0.2, 0.25) is 0 Å². The molecule has 128 valence electrons. The van der Waals surface area contributed by atoms with Crippen LogP contribution in [0.25, 0.3) is 11.1 Å². The number of carbonyl (C=O) groups is 1. The molecular weight excluding hydrogens is 306 g/mol. The second kappa shape index (κ2) is 5.84. The number of nitrogens with zero attached hydrogens (tertiary/aromatic N) is 3. The van der Waals surface area contributed by atoms with Crippen molar-refractivity contribution in [3.63, 3.8) is 0 Å². The van der Waals surface area contributed by atoms with Crippen molar-refractivity contribution < 1.29 is 14.4 Å². The van der Waals surface area contributed by atoms with E-state index < -0.39 is 6.10 Å². The first kappa shape index (κ1) is 15.6. The van der Waals surface area contributed by atoms with Crippen LogP contribution in [0.1, 0.15) is 66.7 Å². The Hall–Kier alpha value is -1.95. The third-order valence-electron chi connectivity index (χ3n) is 5.23. The molecule has 0 aromatic carbocycles. The van der Waals surface area contributed by atoms with E-state index in [0.29, 0.717) is 34.8 Å². The van der Waals surface area contributed by atoms with Crippen molar-refractivity contribution in [1.29, 1.82) is 0 Å². The Bertz CT molecular complexity index is 779. The normalized spacial score (nSPS) is 22.8. The lowest BCUT2D eigenvalue weighted by atomic mass is 9.96. The van der Waals surface area contributed by atoms with Gasteiger partial charge < -0.3 is 14.5 Å². The molecule has 0 bridgehead atoms. The fourth-order valence-corrected chi connectivity index (χ4v) is 3.74. The Labute approximate surface area is 140 Å². The van der Waals surface area contributed by atoms with E-state index in [-0.39, 0.29) is 11.9 Å². The van der Waals surface area contributed by atoms with E-state index in [9.17, 15) is 9.90 Å². The van der Waals surface area contributed by atoms with E-state index in [0.717, 1.165) is 37.8 Å². The molecular formula is C18H23N3O3. The van der Waals surface area contributed by atoms with Crippen LogP contribution in [-0.4, -0.2) is 44.7 Å². The molecule has 24 heavy (non-hydrogen) atoms. The first-order valence-corrected chi connectivity index (χ1v) is 8.82. The van der Waals surface area contributed by atoms with Crippen molar-refractivity contribution in [2.24, 2.45) is 0 Å². The van der Waals surface area contributed by atoms with Gasteiger partial charge in [-0.1, -0.05) is 5.16 Å². The van der Waals surface area contributed by atoms with E-state index in [1.54, 1.807) is 6.92 Å². The zero-order valence-corrected chi connectivity index (χ0v) is 14.2. The largest absolute Gasteiger partial charge is 0.391 e. The summed E-state index contributed by atoms with van der Waals surface area (Å²) in [6.45, 7) is 4.28. The molecule has 1 aliphatic heterocycles. The van der Waals surface area contributed by atoms with E-state index >= 15 is 0 Å². The smallest absolute Gasteiger partial charge is 0.259 e. The fraction of sp³-hybridized carbons (Fsp3) is 0.611. The van der Waals surface area contributed by atoms with Gasteiger partial charge in [0.15, 0.2) is 0 Å². The van der Waals surface area contributed by atoms with Crippen LogP contribution in [0.3, 0.4) is 0 Å². The molecule has 4 rings (SSSR count). The molecule has 2 fully saturated rings. The summed E-state index contributed by atoms with van der Waals surface area (Å²) in [5, 5.41) is 14.8. The summed E-state index contributed by atoms with van der Waals surface area (Å²) in [7, 11) is 0. The quantitative estimate of drug-likeness (QED) is 0.936. The van der Waals surface area contributed by atoms with Crippen LogP contribution in [-0.2, 0) is 0 Å². The van der Waals surface area contributed by atoms with Crippen molar-refractivity contribution >= 4 is 17.0 Å². The monoisotopic (exact) mass is 329 g/mol. The molecule has 2 aromatic rings. The van der Waals surface area contributed by atoms with Crippen molar-refractivity contribution in [3.8, 4) is 0 Å². The topological polar surface area (TPSA) is 79.5 Å². The van der Waals surface area contributed by atoms with Crippen LogP contribution in [0, 0.1) is 6.92 Å². The average Bonchev–Trinajstić information content (AvgIpc) is 3.37.